The molecule has 0 atom stereocenters. The highest BCUT2D eigenvalue weighted by Gasteiger charge is 2.22. The summed E-state index contributed by atoms with van der Waals surface area (Å²) >= 11 is 0. The molecular weight excluding hydrogens is 270 g/mol. The van der Waals surface area contributed by atoms with Crippen LogP contribution in [0.1, 0.15) is 57.0 Å². The van der Waals surface area contributed by atoms with E-state index >= 15 is 0 Å². The second-order valence-electron chi connectivity index (χ2n) is 7.98. The number of aromatic nitrogens is 1. The number of pyridine rings is 1. The van der Waals surface area contributed by atoms with Gasteiger partial charge in [-0.1, -0.05) is 33.3 Å². The summed E-state index contributed by atoms with van der Waals surface area (Å²) in [5.41, 5.74) is 4.16. The van der Waals surface area contributed by atoms with Crippen molar-refractivity contribution >= 4 is 0 Å². The molecule has 3 rings (SSSR count). The van der Waals surface area contributed by atoms with E-state index in [1.807, 2.05) is 0 Å². The molecule has 1 saturated heterocycles. The van der Waals surface area contributed by atoms with Crippen molar-refractivity contribution in [1.82, 2.24) is 14.8 Å². The van der Waals surface area contributed by atoms with Crippen LogP contribution < -0.4 is 0 Å². The predicted molar refractivity (Wildman–Crippen MR) is 92.2 cm³/mol. The Morgan fingerprint density at radius 2 is 1.68 bits per heavy atom. The Morgan fingerprint density at radius 1 is 0.955 bits per heavy atom. The van der Waals surface area contributed by atoms with Gasteiger partial charge in [-0.05, 0) is 37.6 Å². The standard InChI is InChI=1S/C19H31N3/c1-19(2,3)18-8-7-16-15-22(12-9-17(16)20-18)14-13-21-10-5-4-6-11-21/h7-8H,4-6,9-15H2,1-3H3. The highest BCUT2D eigenvalue weighted by atomic mass is 15.2. The first kappa shape index (κ1) is 15.9. The minimum Gasteiger partial charge on any atom is -0.302 e. The van der Waals surface area contributed by atoms with Crippen LogP contribution >= 0.6 is 0 Å². The van der Waals surface area contributed by atoms with Crippen LogP contribution in [-0.4, -0.2) is 47.5 Å². The van der Waals surface area contributed by atoms with Gasteiger partial charge < -0.3 is 4.90 Å². The minimum atomic E-state index is 0.153. The molecule has 0 saturated carbocycles. The van der Waals surface area contributed by atoms with Crippen molar-refractivity contribution in [3.8, 4) is 0 Å². The summed E-state index contributed by atoms with van der Waals surface area (Å²) in [5.74, 6) is 0. The normalized spacial score (nSPS) is 20.9. The first-order chi connectivity index (χ1) is 10.5. The second kappa shape index (κ2) is 6.67. The lowest BCUT2D eigenvalue weighted by molar-refractivity contribution is 0.173. The number of hydrogen-bond acceptors (Lipinski definition) is 3. The molecule has 2 aliphatic heterocycles. The van der Waals surface area contributed by atoms with Crippen LogP contribution in [0.5, 0.6) is 0 Å². The molecule has 1 aromatic rings. The molecule has 3 heteroatoms. The fourth-order valence-corrected chi connectivity index (χ4v) is 3.55. The van der Waals surface area contributed by atoms with E-state index in [1.54, 1.807) is 0 Å². The Labute approximate surface area is 135 Å². The Morgan fingerprint density at radius 3 is 2.41 bits per heavy atom. The first-order valence-corrected chi connectivity index (χ1v) is 8.96. The van der Waals surface area contributed by atoms with Crippen molar-refractivity contribution < 1.29 is 0 Å². The average Bonchev–Trinajstić information content (AvgIpc) is 2.52. The van der Waals surface area contributed by atoms with Gasteiger partial charge in [-0.15, -0.1) is 0 Å². The number of likely N-dealkylation sites (tertiary alicyclic amines) is 1. The average molecular weight is 301 g/mol. The molecular formula is C19H31N3. The van der Waals surface area contributed by atoms with Gasteiger partial charge in [0, 0.05) is 49.4 Å². The number of piperidine rings is 1. The lowest BCUT2D eigenvalue weighted by Crippen LogP contribution is -2.40. The summed E-state index contributed by atoms with van der Waals surface area (Å²) in [5, 5.41) is 0. The van der Waals surface area contributed by atoms with Crippen molar-refractivity contribution in [2.45, 2.75) is 58.4 Å². The van der Waals surface area contributed by atoms with E-state index in [4.69, 9.17) is 4.98 Å². The van der Waals surface area contributed by atoms with Crippen molar-refractivity contribution in [3.05, 3.63) is 29.1 Å². The number of nitrogens with zero attached hydrogens (tertiary/aromatic N) is 3. The molecule has 0 N–H and O–H groups in total. The van der Waals surface area contributed by atoms with Gasteiger partial charge in [-0.2, -0.15) is 0 Å². The van der Waals surface area contributed by atoms with Gasteiger partial charge in [0.15, 0.2) is 0 Å². The molecule has 1 fully saturated rings. The lowest BCUT2D eigenvalue weighted by Gasteiger charge is -2.33. The van der Waals surface area contributed by atoms with E-state index in [9.17, 15) is 0 Å². The number of rotatable bonds is 3. The van der Waals surface area contributed by atoms with Crippen LogP contribution in [0, 0.1) is 0 Å². The highest BCUT2D eigenvalue weighted by molar-refractivity contribution is 5.28. The molecule has 0 aromatic carbocycles. The molecule has 0 spiro atoms. The molecule has 3 nitrogen and oxygen atoms in total. The molecule has 122 valence electrons. The van der Waals surface area contributed by atoms with Crippen LogP contribution in [0.25, 0.3) is 0 Å². The van der Waals surface area contributed by atoms with Gasteiger partial charge in [0.2, 0.25) is 0 Å². The van der Waals surface area contributed by atoms with Gasteiger partial charge >= 0.3 is 0 Å². The van der Waals surface area contributed by atoms with Crippen LogP contribution in [0.2, 0.25) is 0 Å². The van der Waals surface area contributed by atoms with Crippen LogP contribution in [0.4, 0.5) is 0 Å². The third kappa shape index (κ3) is 3.88. The van der Waals surface area contributed by atoms with Crippen LogP contribution in [0.3, 0.4) is 0 Å². The second-order valence-corrected chi connectivity index (χ2v) is 7.98. The van der Waals surface area contributed by atoms with Crippen molar-refractivity contribution in [2.24, 2.45) is 0 Å². The summed E-state index contributed by atoms with van der Waals surface area (Å²) in [6.45, 7) is 14.0. The van der Waals surface area contributed by atoms with E-state index in [0.717, 1.165) is 13.0 Å². The summed E-state index contributed by atoms with van der Waals surface area (Å²) < 4.78 is 0. The summed E-state index contributed by atoms with van der Waals surface area (Å²) in [7, 11) is 0. The van der Waals surface area contributed by atoms with Crippen LogP contribution in [-0.2, 0) is 18.4 Å². The Bertz CT molecular complexity index is 498. The maximum absolute atomic E-state index is 4.93. The topological polar surface area (TPSA) is 19.4 Å². The molecule has 2 aliphatic rings. The van der Waals surface area contributed by atoms with Crippen molar-refractivity contribution in [1.29, 1.82) is 0 Å². The Balaban J connectivity index is 1.57. The van der Waals surface area contributed by atoms with Gasteiger partial charge in [0.1, 0.15) is 0 Å². The van der Waals surface area contributed by atoms with E-state index in [1.165, 1.54) is 68.9 Å². The van der Waals surface area contributed by atoms with Gasteiger partial charge in [0.25, 0.3) is 0 Å². The molecule has 0 amide bonds. The molecule has 0 radical (unpaired) electrons. The molecule has 1 aromatic heterocycles. The Hall–Kier alpha value is -0.930. The first-order valence-electron chi connectivity index (χ1n) is 8.96. The van der Waals surface area contributed by atoms with Crippen LogP contribution in [0.15, 0.2) is 12.1 Å². The monoisotopic (exact) mass is 301 g/mol. The zero-order chi connectivity index (χ0) is 15.6. The van der Waals surface area contributed by atoms with Gasteiger partial charge in [0.05, 0.1) is 0 Å². The van der Waals surface area contributed by atoms with E-state index in [0.29, 0.717) is 0 Å². The summed E-state index contributed by atoms with van der Waals surface area (Å²) in [6.07, 6.45) is 5.32. The minimum absolute atomic E-state index is 0.153. The SMILES string of the molecule is CC(C)(C)c1ccc2c(n1)CCN(CCN1CCCCC1)C2. The van der Waals surface area contributed by atoms with Gasteiger partial charge in [-0.3, -0.25) is 9.88 Å². The Kier molecular flexibility index (Phi) is 4.84. The zero-order valence-corrected chi connectivity index (χ0v) is 14.6. The lowest BCUT2D eigenvalue weighted by atomic mass is 9.90. The van der Waals surface area contributed by atoms with E-state index in [2.05, 4.69) is 42.7 Å². The molecule has 0 aliphatic carbocycles. The fourth-order valence-electron chi connectivity index (χ4n) is 3.55. The highest BCUT2D eigenvalue weighted by Crippen LogP contribution is 2.24. The largest absolute Gasteiger partial charge is 0.302 e. The summed E-state index contributed by atoms with van der Waals surface area (Å²) in [4.78, 5) is 10.2. The fraction of sp³-hybridized carbons (Fsp3) is 0.737. The predicted octanol–water partition coefficient (Wildman–Crippen LogP) is 3.22. The number of fused-ring (bicyclic) bond motifs is 1. The maximum atomic E-state index is 4.93. The van der Waals surface area contributed by atoms with Crippen molar-refractivity contribution in [2.75, 3.05) is 32.7 Å². The quantitative estimate of drug-likeness (QED) is 0.854. The van der Waals surface area contributed by atoms with E-state index in [-0.39, 0.29) is 5.41 Å². The number of hydrogen-bond donors (Lipinski definition) is 0. The third-order valence-electron chi connectivity index (χ3n) is 5.08. The van der Waals surface area contributed by atoms with E-state index < -0.39 is 0 Å². The molecule has 0 bridgehead atoms. The molecule has 3 heterocycles. The summed E-state index contributed by atoms with van der Waals surface area (Å²) in [6, 6.07) is 4.54. The van der Waals surface area contributed by atoms with Gasteiger partial charge in [-0.25, -0.2) is 0 Å². The van der Waals surface area contributed by atoms with Crippen molar-refractivity contribution in [3.63, 3.8) is 0 Å². The smallest absolute Gasteiger partial charge is 0.0464 e. The molecule has 0 unspecified atom stereocenters. The maximum Gasteiger partial charge on any atom is 0.0464 e. The zero-order valence-electron chi connectivity index (χ0n) is 14.6. The third-order valence-corrected chi connectivity index (χ3v) is 5.08. The molecule has 22 heavy (non-hydrogen) atoms.